The molecule has 25 heavy (non-hydrogen) atoms. The molecule has 2 aromatic rings. The number of carbonyl (C=O) groups is 2. The molecule has 3 rings (SSSR count). The molecule has 0 saturated carbocycles. The van der Waals surface area contributed by atoms with Crippen LogP contribution in [0.25, 0.3) is 10.8 Å². The summed E-state index contributed by atoms with van der Waals surface area (Å²) in [5.41, 5.74) is -0.278. The summed E-state index contributed by atoms with van der Waals surface area (Å²) in [6.45, 7) is 0.149. The zero-order chi connectivity index (χ0) is 17.8. The number of fused-ring (bicyclic) bond motifs is 1. The fourth-order valence-electron chi connectivity index (χ4n) is 2.74. The van der Waals surface area contributed by atoms with E-state index < -0.39 is 30.6 Å². The minimum absolute atomic E-state index is 0.0960. The molecular weight excluding hydrogens is 330 g/mol. The van der Waals surface area contributed by atoms with Crippen LogP contribution in [0.3, 0.4) is 0 Å². The van der Waals surface area contributed by atoms with Gasteiger partial charge in [-0.15, -0.1) is 0 Å². The highest BCUT2D eigenvalue weighted by Gasteiger charge is 2.29. The van der Waals surface area contributed by atoms with Crippen molar-refractivity contribution in [3.63, 3.8) is 0 Å². The average molecular weight is 347 g/mol. The molecule has 0 spiro atoms. The van der Waals surface area contributed by atoms with Crippen LogP contribution in [-0.2, 0) is 14.3 Å². The number of amides is 1. The number of aromatic nitrogens is 2. The Morgan fingerprint density at radius 1 is 1.36 bits per heavy atom. The van der Waals surface area contributed by atoms with Gasteiger partial charge in [-0.05, 0) is 12.5 Å². The Bertz CT molecular complexity index is 849. The molecule has 1 aromatic carbocycles. The molecule has 132 valence electrons. The van der Waals surface area contributed by atoms with E-state index in [0.717, 1.165) is 0 Å². The second-order valence-corrected chi connectivity index (χ2v) is 5.63. The lowest BCUT2D eigenvalue weighted by Crippen LogP contribution is -2.50. The number of ether oxygens (including phenoxy) is 2. The van der Waals surface area contributed by atoms with Crippen molar-refractivity contribution >= 4 is 22.6 Å². The number of aliphatic carboxylic acids is 1. The Kier molecular flexibility index (Phi) is 5.05. The molecule has 0 aliphatic carbocycles. The van der Waals surface area contributed by atoms with Crippen molar-refractivity contribution in [1.29, 1.82) is 0 Å². The van der Waals surface area contributed by atoms with Gasteiger partial charge in [0.15, 0.2) is 5.69 Å². The molecule has 0 unspecified atom stereocenters. The lowest BCUT2D eigenvalue weighted by atomic mass is 10.0. The quantitative estimate of drug-likeness (QED) is 0.689. The van der Waals surface area contributed by atoms with Crippen LogP contribution in [0.2, 0.25) is 0 Å². The van der Waals surface area contributed by atoms with Gasteiger partial charge in [0.05, 0.1) is 18.0 Å². The molecule has 0 bridgehead atoms. The van der Waals surface area contributed by atoms with Gasteiger partial charge < -0.3 is 19.9 Å². The molecule has 2 atom stereocenters. The monoisotopic (exact) mass is 347 g/mol. The maximum atomic E-state index is 12.6. The molecule has 1 amide bonds. The summed E-state index contributed by atoms with van der Waals surface area (Å²) in [6, 6.07) is 6.27. The van der Waals surface area contributed by atoms with Crippen molar-refractivity contribution in [3.05, 3.63) is 40.3 Å². The second-order valence-electron chi connectivity index (χ2n) is 5.63. The summed E-state index contributed by atoms with van der Waals surface area (Å²) in [6.07, 6.45) is -0.0834. The van der Waals surface area contributed by atoms with E-state index in [4.69, 9.17) is 14.6 Å². The molecule has 1 aromatic heterocycles. The Labute approximate surface area is 141 Å². The van der Waals surface area contributed by atoms with E-state index in [1.54, 1.807) is 24.3 Å². The summed E-state index contributed by atoms with van der Waals surface area (Å²) < 4.78 is 10.6. The molecule has 1 saturated heterocycles. The van der Waals surface area contributed by atoms with E-state index in [1.807, 2.05) is 0 Å². The first-order valence-electron chi connectivity index (χ1n) is 7.75. The van der Waals surface area contributed by atoms with Gasteiger partial charge in [0.2, 0.25) is 0 Å². The van der Waals surface area contributed by atoms with E-state index in [-0.39, 0.29) is 17.9 Å². The van der Waals surface area contributed by atoms with Crippen LogP contribution in [0.1, 0.15) is 16.9 Å². The van der Waals surface area contributed by atoms with Crippen molar-refractivity contribution in [2.45, 2.75) is 18.6 Å². The lowest BCUT2D eigenvalue weighted by molar-refractivity contribution is -0.148. The van der Waals surface area contributed by atoms with E-state index in [9.17, 15) is 14.4 Å². The Hall–Kier alpha value is -2.78. The van der Waals surface area contributed by atoms with E-state index in [1.165, 1.54) is 0 Å². The molecule has 0 radical (unpaired) electrons. The van der Waals surface area contributed by atoms with Gasteiger partial charge >= 0.3 is 5.97 Å². The number of carboxylic acids is 1. The van der Waals surface area contributed by atoms with Crippen LogP contribution in [-0.4, -0.2) is 59.1 Å². The van der Waals surface area contributed by atoms with E-state index in [2.05, 4.69) is 15.5 Å². The first-order chi connectivity index (χ1) is 12.1. The van der Waals surface area contributed by atoms with E-state index >= 15 is 0 Å². The standard InChI is InChI=1S/C16H17N3O6/c20-13(21)8-25-12-7-24-6-5-11(12)17-16(23)14-9-3-1-2-4-10(9)15(22)19-18-14/h1-4,11-12H,5-8H2,(H,17,23)(H,19,22)(H,20,21)/t11-,12-/m1/s1. The van der Waals surface area contributed by atoms with Crippen molar-refractivity contribution < 1.29 is 24.2 Å². The minimum Gasteiger partial charge on any atom is -0.480 e. The summed E-state index contributed by atoms with van der Waals surface area (Å²) >= 11 is 0. The molecule has 1 fully saturated rings. The van der Waals surface area contributed by atoms with Gasteiger partial charge in [0.1, 0.15) is 12.7 Å². The van der Waals surface area contributed by atoms with Gasteiger partial charge in [-0.3, -0.25) is 9.59 Å². The third kappa shape index (κ3) is 3.83. The van der Waals surface area contributed by atoms with Crippen LogP contribution in [0.15, 0.2) is 29.1 Å². The van der Waals surface area contributed by atoms with E-state index in [0.29, 0.717) is 23.8 Å². The van der Waals surface area contributed by atoms with Gasteiger partial charge in [-0.2, -0.15) is 5.10 Å². The fraction of sp³-hybridized carbons (Fsp3) is 0.375. The number of benzene rings is 1. The van der Waals surface area contributed by atoms with Crippen LogP contribution in [0, 0.1) is 0 Å². The van der Waals surface area contributed by atoms with Crippen molar-refractivity contribution in [1.82, 2.24) is 15.5 Å². The SMILES string of the molecule is O=C(O)CO[C@@H]1COCC[C@H]1NC(=O)c1n[nH]c(=O)c2ccccc12. The largest absolute Gasteiger partial charge is 0.480 e. The topological polar surface area (TPSA) is 131 Å². The predicted molar refractivity (Wildman–Crippen MR) is 86.4 cm³/mol. The summed E-state index contributed by atoms with van der Waals surface area (Å²) in [4.78, 5) is 35.1. The lowest BCUT2D eigenvalue weighted by Gasteiger charge is -2.31. The number of hydrogen-bond donors (Lipinski definition) is 3. The number of hydrogen-bond acceptors (Lipinski definition) is 6. The van der Waals surface area contributed by atoms with Crippen LogP contribution >= 0.6 is 0 Å². The number of carboxylic acid groups (broad SMARTS) is 1. The highest BCUT2D eigenvalue weighted by molar-refractivity contribution is 6.04. The van der Waals surface area contributed by atoms with Gasteiger partial charge in [0, 0.05) is 12.0 Å². The molecule has 1 aliphatic rings. The van der Waals surface area contributed by atoms with Crippen molar-refractivity contribution in [3.8, 4) is 0 Å². The number of H-pyrrole nitrogens is 1. The first kappa shape index (κ1) is 17.1. The molecule has 2 heterocycles. The zero-order valence-electron chi connectivity index (χ0n) is 13.2. The number of nitrogens with one attached hydrogen (secondary N) is 2. The Balaban J connectivity index is 1.80. The Morgan fingerprint density at radius 2 is 2.12 bits per heavy atom. The highest BCUT2D eigenvalue weighted by Crippen LogP contribution is 2.15. The van der Waals surface area contributed by atoms with Crippen LogP contribution in [0.4, 0.5) is 0 Å². The highest BCUT2D eigenvalue weighted by atomic mass is 16.5. The predicted octanol–water partition coefficient (Wildman–Crippen LogP) is -0.0884. The van der Waals surface area contributed by atoms with Gasteiger partial charge in [-0.25, -0.2) is 9.89 Å². The smallest absolute Gasteiger partial charge is 0.329 e. The Morgan fingerprint density at radius 3 is 2.88 bits per heavy atom. The van der Waals surface area contributed by atoms with Crippen molar-refractivity contribution in [2.75, 3.05) is 19.8 Å². The average Bonchev–Trinajstić information content (AvgIpc) is 2.61. The van der Waals surface area contributed by atoms with Gasteiger partial charge in [0.25, 0.3) is 11.5 Å². The van der Waals surface area contributed by atoms with Gasteiger partial charge in [-0.1, -0.05) is 18.2 Å². The molecule has 1 aliphatic heterocycles. The number of aromatic amines is 1. The fourth-order valence-corrected chi connectivity index (χ4v) is 2.74. The summed E-state index contributed by atoms with van der Waals surface area (Å²) in [7, 11) is 0. The first-order valence-corrected chi connectivity index (χ1v) is 7.75. The summed E-state index contributed by atoms with van der Waals surface area (Å²) in [5, 5.41) is 18.5. The molecule has 9 nitrogen and oxygen atoms in total. The third-order valence-electron chi connectivity index (χ3n) is 3.95. The number of rotatable bonds is 5. The second kappa shape index (κ2) is 7.41. The normalized spacial score (nSPS) is 20.3. The molecule has 9 heteroatoms. The summed E-state index contributed by atoms with van der Waals surface area (Å²) in [5.74, 6) is -1.56. The maximum absolute atomic E-state index is 12.6. The molecular formula is C16H17N3O6. The zero-order valence-corrected chi connectivity index (χ0v) is 13.2. The number of nitrogens with zero attached hydrogens (tertiary/aromatic N) is 1. The van der Waals surface area contributed by atoms with Crippen LogP contribution < -0.4 is 10.9 Å². The van der Waals surface area contributed by atoms with Crippen LogP contribution in [0.5, 0.6) is 0 Å². The molecule has 3 N–H and O–H groups in total. The third-order valence-corrected chi connectivity index (χ3v) is 3.95. The van der Waals surface area contributed by atoms with Crippen molar-refractivity contribution in [2.24, 2.45) is 0 Å². The number of carbonyl (C=O) groups excluding carboxylic acids is 1. The minimum atomic E-state index is -1.09. The maximum Gasteiger partial charge on any atom is 0.329 e.